The summed E-state index contributed by atoms with van der Waals surface area (Å²) in [6.07, 6.45) is 0. The van der Waals surface area contributed by atoms with Crippen molar-refractivity contribution in [1.29, 1.82) is 0 Å². The first-order chi connectivity index (χ1) is 16.9. The van der Waals surface area contributed by atoms with Crippen LogP contribution in [0.3, 0.4) is 0 Å². The number of amides is 1. The minimum absolute atomic E-state index is 0.0768. The molecule has 1 N–H and O–H groups in total. The van der Waals surface area contributed by atoms with Crippen molar-refractivity contribution in [3.63, 3.8) is 0 Å². The predicted molar refractivity (Wildman–Crippen MR) is 133 cm³/mol. The van der Waals surface area contributed by atoms with Gasteiger partial charge in [-0.3, -0.25) is 14.5 Å². The maximum atomic E-state index is 13.4. The number of aliphatic hydroxyl groups excluding tert-OH is 1. The van der Waals surface area contributed by atoms with Gasteiger partial charge >= 0.3 is 0 Å². The number of hydrogen-bond acceptors (Lipinski definition) is 6. The monoisotopic (exact) mass is 493 g/mol. The largest absolute Gasteiger partial charge is 0.507 e. The minimum atomic E-state index is -0.955. The van der Waals surface area contributed by atoms with Gasteiger partial charge in [0.2, 0.25) is 0 Å². The fourth-order valence-corrected chi connectivity index (χ4v) is 4.34. The zero-order valence-electron chi connectivity index (χ0n) is 19.4. The first-order valence-electron chi connectivity index (χ1n) is 10.9. The Morgan fingerprint density at radius 1 is 0.943 bits per heavy atom. The highest BCUT2D eigenvalue weighted by atomic mass is 35.5. The smallest absolute Gasteiger partial charge is 0.300 e. The number of carbonyl (C=O) groups excluding carboxylic acids is 2. The number of halogens is 1. The van der Waals surface area contributed by atoms with Gasteiger partial charge in [-0.25, -0.2) is 0 Å². The van der Waals surface area contributed by atoms with E-state index >= 15 is 0 Å². The van der Waals surface area contributed by atoms with Crippen LogP contribution in [-0.2, 0) is 9.59 Å². The molecule has 0 aromatic heterocycles. The molecule has 0 bridgehead atoms. The number of rotatable bonds is 7. The van der Waals surface area contributed by atoms with Gasteiger partial charge in [0.15, 0.2) is 11.5 Å². The third-order valence-corrected chi connectivity index (χ3v) is 5.93. The molecule has 0 aliphatic carbocycles. The van der Waals surface area contributed by atoms with Gasteiger partial charge < -0.3 is 19.3 Å². The maximum Gasteiger partial charge on any atom is 0.300 e. The number of Topliss-reactive ketones (excluding diaryl/α,β-unsaturated/α-hetero) is 1. The Kier molecular flexibility index (Phi) is 6.98. The van der Waals surface area contributed by atoms with Crippen molar-refractivity contribution in [3.8, 4) is 17.2 Å². The van der Waals surface area contributed by atoms with Gasteiger partial charge in [-0.2, -0.15) is 0 Å². The minimum Gasteiger partial charge on any atom is -0.507 e. The van der Waals surface area contributed by atoms with Crippen molar-refractivity contribution in [2.45, 2.75) is 13.0 Å². The topological polar surface area (TPSA) is 85.3 Å². The molecule has 7 nitrogen and oxygen atoms in total. The molecule has 1 heterocycles. The summed E-state index contributed by atoms with van der Waals surface area (Å²) in [6, 6.07) is 17.5. The van der Waals surface area contributed by atoms with Crippen molar-refractivity contribution in [1.82, 2.24) is 0 Å². The SMILES string of the molecule is CCOc1cc(C2/C(=C(/O)c3ccccc3OC)C(=O)C(=O)N2c2cccc(Cl)c2)ccc1OC. The molecule has 1 fully saturated rings. The van der Waals surface area contributed by atoms with E-state index in [4.69, 9.17) is 25.8 Å². The lowest BCUT2D eigenvalue weighted by atomic mass is 9.94. The average Bonchev–Trinajstić information content (AvgIpc) is 3.14. The molecule has 180 valence electrons. The molecule has 1 aliphatic heterocycles. The molecule has 3 aromatic carbocycles. The van der Waals surface area contributed by atoms with Crippen molar-refractivity contribution in [2.24, 2.45) is 0 Å². The number of nitrogens with zero attached hydrogens (tertiary/aromatic N) is 1. The van der Waals surface area contributed by atoms with Crippen LogP contribution in [0.5, 0.6) is 17.2 Å². The number of methoxy groups -OCH3 is 2. The van der Waals surface area contributed by atoms with Crippen LogP contribution in [0.4, 0.5) is 5.69 Å². The standard InChI is InChI=1S/C27H24ClNO6/c1-4-35-22-14-16(12-13-21(22)34-3)24-23(25(30)19-10-5-6-11-20(19)33-2)26(31)27(32)29(24)18-9-7-8-17(28)15-18/h5-15,24,30H,4H2,1-3H3/b25-23-. The molecule has 0 radical (unpaired) electrons. The number of hydrogen-bond donors (Lipinski definition) is 1. The summed E-state index contributed by atoms with van der Waals surface area (Å²) < 4.78 is 16.5. The molecular formula is C27H24ClNO6. The number of para-hydroxylation sites is 1. The number of ether oxygens (including phenoxy) is 3. The van der Waals surface area contributed by atoms with E-state index in [0.29, 0.717) is 45.7 Å². The van der Waals surface area contributed by atoms with E-state index in [0.717, 1.165) is 0 Å². The lowest BCUT2D eigenvalue weighted by molar-refractivity contribution is -0.132. The Balaban J connectivity index is 1.99. The highest BCUT2D eigenvalue weighted by Crippen LogP contribution is 2.45. The number of benzene rings is 3. The summed E-state index contributed by atoms with van der Waals surface area (Å²) in [7, 11) is 2.99. The molecule has 35 heavy (non-hydrogen) atoms. The molecule has 1 saturated heterocycles. The van der Waals surface area contributed by atoms with Crippen molar-refractivity contribution >= 4 is 34.7 Å². The van der Waals surface area contributed by atoms with E-state index in [1.807, 2.05) is 6.92 Å². The van der Waals surface area contributed by atoms with Crippen LogP contribution in [0.1, 0.15) is 24.1 Å². The molecule has 8 heteroatoms. The first-order valence-corrected chi connectivity index (χ1v) is 11.3. The molecule has 1 aliphatic rings. The zero-order chi connectivity index (χ0) is 25.1. The number of aliphatic hydroxyl groups is 1. The molecule has 3 aromatic rings. The van der Waals surface area contributed by atoms with Crippen LogP contribution in [0.2, 0.25) is 5.02 Å². The summed E-state index contributed by atoms with van der Waals surface area (Å²) in [4.78, 5) is 28.0. The van der Waals surface area contributed by atoms with E-state index < -0.39 is 17.7 Å². The van der Waals surface area contributed by atoms with Crippen LogP contribution in [0.15, 0.2) is 72.3 Å². The zero-order valence-corrected chi connectivity index (χ0v) is 20.2. The normalized spacial score (nSPS) is 16.9. The Morgan fingerprint density at radius 3 is 2.37 bits per heavy atom. The van der Waals surface area contributed by atoms with Gasteiger partial charge in [0.25, 0.3) is 11.7 Å². The second kappa shape index (κ2) is 10.1. The second-order valence-corrected chi connectivity index (χ2v) is 8.13. The van der Waals surface area contributed by atoms with E-state index in [1.54, 1.807) is 66.7 Å². The van der Waals surface area contributed by atoms with E-state index in [2.05, 4.69) is 0 Å². The van der Waals surface area contributed by atoms with Crippen molar-refractivity contribution in [3.05, 3.63) is 88.5 Å². The van der Waals surface area contributed by atoms with E-state index in [9.17, 15) is 14.7 Å². The highest BCUT2D eigenvalue weighted by molar-refractivity contribution is 6.51. The summed E-state index contributed by atoms with van der Waals surface area (Å²) in [6.45, 7) is 2.22. The van der Waals surface area contributed by atoms with Crippen LogP contribution in [-0.4, -0.2) is 37.6 Å². The predicted octanol–water partition coefficient (Wildman–Crippen LogP) is 5.38. The van der Waals surface area contributed by atoms with Gasteiger partial charge in [-0.05, 0) is 55.0 Å². The Morgan fingerprint density at radius 2 is 1.69 bits per heavy atom. The quantitative estimate of drug-likeness (QED) is 0.270. The highest BCUT2D eigenvalue weighted by Gasteiger charge is 2.47. The Hall–Kier alpha value is -3.97. The van der Waals surface area contributed by atoms with Crippen LogP contribution >= 0.6 is 11.6 Å². The van der Waals surface area contributed by atoms with E-state index in [1.165, 1.54) is 19.1 Å². The fourth-order valence-electron chi connectivity index (χ4n) is 4.16. The lowest BCUT2D eigenvalue weighted by Gasteiger charge is -2.26. The van der Waals surface area contributed by atoms with E-state index in [-0.39, 0.29) is 11.3 Å². The average molecular weight is 494 g/mol. The molecule has 1 amide bonds. The number of anilines is 1. The summed E-state index contributed by atoms with van der Waals surface area (Å²) >= 11 is 6.20. The molecule has 1 unspecified atom stereocenters. The fraction of sp³-hybridized carbons (Fsp3) is 0.185. The van der Waals surface area contributed by atoms with Crippen molar-refractivity contribution in [2.75, 3.05) is 25.7 Å². The van der Waals surface area contributed by atoms with Gasteiger partial charge in [-0.15, -0.1) is 0 Å². The lowest BCUT2D eigenvalue weighted by Crippen LogP contribution is -2.29. The van der Waals surface area contributed by atoms with Gasteiger partial charge in [0.05, 0.1) is 38.0 Å². The van der Waals surface area contributed by atoms with Crippen LogP contribution in [0, 0.1) is 0 Å². The number of carbonyl (C=O) groups is 2. The van der Waals surface area contributed by atoms with Gasteiger partial charge in [0.1, 0.15) is 11.5 Å². The Labute approximate surface area is 208 Å². The molecule has 0 spiro atoms. The van der Waals surface area contributed by atoms with Crippen LogP contribution in [0.25, 0.3) is 5.76 Å². The summed E-state index contributed by atoms with van der Waals surface area (Å²) in [5.41, 5.74) is 1.18. The third-order valence-electron chi connectivity index (χ3n) is 5.70. The summed E-state index contributed by atoms with van der Waals surface area (Å²) in [5, 5.41) is 11.8. The van der Waals surface area contributed by atoms with Gasteiger partial charge in [-0.1, -0.05) is 35.9 Å². The number of ketones is 1. The maximum absolute atomic E-state index is 13.4. The second-order valence-electron chi connectivity index (χ2n) is 7.69. The van der Waals surface area contributed by atoms with Crippen LogP contribution < -0.4 is 19.1 Å². The molecule has 4 rings (SSSR count). The molecular weight excluding hydrogens is 470 g/mol. The molecule has 1 atom stereocenters. The Bertz CT molecular complexity index is 1320. The van der Waals surface area contributed by atoms with Crippen molar-refractivity contribution < 1.29 is 28.9 Å². The van der Waals surface area contributed by atoms with Gasteiger partial charge in [0, 0.05) is 10.7 Å². The first kappa shape index (κ1) is 24.2. The molecule has 0 saturated carbocycles. The summed E-state index contributed by atoms with van der Waals surface area (Å²) in [5.74, 6) is -0.650. The third kappa shape index (κ3) is 4.42.